The third-order valence-corrected chi connectivity index (χ3v) is 3.56. The fourth-order valence-electron chi connectivity index (χ4n) is 2.06. The summed E-state index contributed by atoms with van der Waals surface area (Å²) in [5, 5.41) is 13.3. The van der Waals surface area contributed by atoms with Crippen molar-refractivity contribution in [2.24, 2.45) is 5.92 Å². The van der Waals surface area contributed by atoms with Gasteiger partial charge in [0.2, 0.25) is 0 Å². The molecule has 120 valence electrons. The zero-order valence-corrected chi connectivity index (χ0v) is 14.0. The number of aliphatic hydroxyl groups excluding tert-OH is 1. The van der Waals surface area contributed by atoms with Gasteiger partial charge < -0.3 is 20.1 Å². The monoisotopic (exact) mass is 314 g/mol. The number of nitrogens with one attached hydrogen (secondary N) is 1. The Morgan fingerprint density at radius 2 is 2.10 bits per heavy atom. The van der Waals surface area contributed by atoms with E-state index in [0.29, 0.717) is 19.1 Å². The van der Waals surface area contributed by atoms with Crippen molar-refractivity contribution in [2.45, 2.75) is 20.4 Å². The minimum atomic E-state index is 0.110. The van der Waals surface area contributed by atoms with Gasteiger partial charge >= 0.3 is 0 Å². The summed E-state index contributed by atoms with van der Waals surface area (Å²) in [6.07, 6.45) is 0. The molecule has 21 heavy (non-hydrogen) atoms. The molecule has 0 unspecified atom stereocenters. The van der Waals surface area contributed by atoms with Crippen LogP contribution in [-0.2, 0) is 11.3 Å². The van der Waals surface area contributed by atoms with Gasteiger partial charge in [-0.2, -0.15) is 0 Å². The second-order valence-electron chi connectivity index (χ2n) is 5.50. The molecule has 0 saturated carbocycles. The third kappa shape index (κ3) is 6.66. The highest BCUT2D eigenvalue weighted by molar-refractivity contribution is 6.31. The first-order valence-corrected chi connectivity index (χ1v) is 7.80. The van der Waals surface area contributed by atoms with Gasteiger partial charge in [0.25, 0.3) is 0 Å². The number of hydrogen-bond acceptors (Lipinski definition) is 4. The Balaban J connectivity index is 2.69. The molecule has 0 radical (unpaired) electrons. The molecule has 0 bridgehead atoms. The fraction of sp³-hybridized carbons (Fsp3) is 0.625. The van der Waals surface area contributed by atoms with E-state index in [-0.39, 0.29) is 6.61 Å². The van der Waals surface area contributed by atoms with Crippen molar-refractivity contribution in [3.63, 3.8) is 0 Å². The van der Waals surface area contributed by atoms with Crippen molar-refractivity contribution >= 4 is 17.3 Å². The number of benzene rings is 1. The van der Waals surface area contributed by atoms with E-state index in [1.807, 2.05) is 18.2 Å². The van der Waals surface area contributed by atoms with Crippen molar-refractivity contribution in [3.8, 4) is 0 Å². The predicted octanol–water partition coefficient (Wildman–Crippen LogP) is 2.53. The van der Waals surface area contributed by atoms with Crippen LogP contribution in [0.25, 0.3) is 0 Å². The number of ether oxygens (including phenoxy) is 1. The lowest BCUT2D eigenvalue weighted by molar-refractivity contribution is 0.203. The van der Waals surface area contributed by atoms with E-state index in [4.69, 9.17) is 21.4 Å². The van der Waals surface area contributed by atoms with Crippen molar-refractivity contribution in [1.29, 1.82) is 0 Å². The van der Waals surface area contributed by atoms with Gasteiger partial charge in [0.05, 0.1) is 13.2 Å². The van der Waals surface area contributed by atoms with Crippen LogP contribution in [0.3, 0.4) is 0 Å². The van der Waals surface area contributed by atoms with Crippen molar-refractivity contribution in [1.82, 2.24) is 5.32 Å². The van der Waals surface area contributed by atoms with Gasteiger partial charge in [-0.3, -0.25) is 0 Å². The molecule has 0 aromatic heterocycles. The minimum absolute atomic E-state index is 0.110. The molecule has 0 aliphatic carbocycles. The molecule has 0 aliphatic rings. The highest BCUT2D eigenvalue weighted by Gasteiger charge is 2.09. The summed E-state index contributed by atoms with van der Waals surface area (Å²) in [7, 11) is 1.67. The predicted molar refractivity (Wildman–Crippen MR) is 89.2 cm³/mol. The van der Waals surface area contributed by atoms with Crippen LogP contribution in [0.4, 0.5) is 5.69 Å². The lowest BCUT2D eigenvalue weighted by Crippen LogP contribution is -2.30. The van der Waals surface area contributed by atoms with E-state index >= 15 is 0 Å². The Morgan fingerprint density at radius 3 is 2.67 bits per heavy atom. The molecule has 0 aliphatic heterocycles. The van der Waals surface area contributed by atoms with Gasteiger partial charge in [-0.15, -0.1) is 0 Å². The van der Waals surface area contributed by atoms with Crippen LogP contribution >= 0.6 is 11.6 Å². The van der Waals surface area contributed by atoms with E-state index < -0.39 is 0 Å². The van der Waals surface area contributed by atoms with Gasteiger partial charge in [-0.25, -0.2) is 0 Å². The zero-order chi connectivity index (χ0) is 15.7. The van der Waals surface area contributed by atoms with E-state index in [9.17, 15) is 0 Å². The van der Waals surface area contributed by atoms with Gasteiger partial charge in [-0.05, 0) is 30.2 Å². The maximum atomic E-state index is 9.16. The number of halogens is 1. The average Bonchev–Trinajstić information content (AvgIpc) is 2.45. The lowest BCUT2D eigenvalue weighted by atomic mass is 10.1. The number of anilines is 1. The van der Waals surface area contributed by atoms with Crippen molar-refractivity contribution in [3.05, 3.63) is 28.8 Å². The number of hydrogen-bond donors (Lipinski definition) is 2. The Hall–Kier alpha value is -0.810. The molecule has 1 aromatic rings. The van der Waals surface area contributed by atoms with Crippen molar-refractivity contribution in [2.75, 3.05) is 44.9 Å². The molecule has 0 saturated heterocycles. The van der Waals surface area contributed by atoms with Crippen LogP contribution in [0.5, 0.6) is 0 Å². The molecule has 2 N–H and O–H groups in total. The first kappa shape index (κ1) is 18.2. The summed E-state index contributed by atoms with van der Waals surface area (Å²) in [5.41, 5.74) is 2.11. The maximum Gasteiger partial charge on any atom is 0.0637 e. The van der Waals surface area contributed by atoms with Gasteiger partial charge in [-0.1, -0.05) is 31.5 Å². The number of nitrogens with zero attached hydrogens (tertiary/aromatic N) is 1. The maximum absolute atomic E-state index is 9.16. The SMILES string of the molecule is COCCN(CCO)c1ccc(CNCC(C)C)c(Cl)c1. The van der Waals surface area contributed by atoms with Gasteiger partial charge in [0.1, 0.15) is 0 Å². The molecule has 5 heteroatoms. The number of aliphatic hydroxyl groups is 1. The summed E-state index contributed by atoms with van der Waals surface area (Å²) < 4.78 is 5.10. The molecule has 0 amide bonds. The van der Waals surface area contributed by atoms with Crippen LogP contribution in [0.1, 0.15) is 19.4 Å². The molecule has 0 fully saturated rings. The summed E-state index contributed by atoms with van der Waals surface area (Å²) in [6.45, 7) is 8.15. The summed E-state index contributed by atoms with van der Waals surface area (Å²) in [5.74, 6) is 0.622. The second kappa shape index (κ2) is 10.0. The van der Waals surface area contributed by atoms with E-state index in [2.05, 4.69) is 24.1 Å². The summed E-state index contributed by atoms with van der Waals surface area (Å²) in [6, 6.07) is 6.05. The average molecular weight is 315 g/mol. The third-order valence-electron chi connectivity index (χ3n) is 3.21. The minimum Gasteiger partial charge on any atom is -0.395 e. The van der Waals surface area contributed by atoms with Gasteiger partial charge in [0.15, 0.2) is 0 Å². The largest absolute Gasteiger partial charge is 0.395 e. The quantitative estimate of drug-likeness (QED) is 0.696. The highest BCUT2D eigenvalue weighted by Crippen LogP contribution is 2.23. The lowest BCUT2D eigenvalue weighted by Gasteiger charge is -2.24. The van der Waals surface area contributed by atoms with Crippen LogP contribution in [0.15, 0.2) is 18.2 Å². The van der Waals surface area contributed by atoms with Crippen LogP contribution in [0, 0.1) is 5.92 Å². The number of rotatable bonds is 10. The Morgan fingerprint density at radius 1 is 1.33 bits per heavy atom. The van der Waals surface area contributed by atoms with Crippen LogP contribution < -0.4 is 10.2 Å². The first-order chi connectivity index (χ1) is 10.1. The van der Waals surface area contributed by atoms with E-state index in [1.165, 1.54) is 0 Å². The molecule has 1 rings (SSSR count). The van der Waals surface area contributed by atoms with Crippen LogP contribution in [-0.4, -0.2) is 45.1 Å². The molecule has 0 spiro atoms. The summed E-state index contributed by atoms with van der Waals surface area (Å²) >= 11 is 6.36. The highest BCUT2D eigenvalue weighted by atomic mass is 35.5. The summed E-state index contributed by atoms with van der Waals surface area (Å²) in [4.78, 5) is 2.07. The number of methoxy groups -OCH3 is 1. The normalized spacial score (nSPS) is 11.1. The Bertz CT molecular complexity index is 413. The Kier molecular flexibility index (Phi) is 8.69. The second-order valence-corrected chi connectivity index (χ2v) is 5.91. The topological polar surface area (TPSA) is 44.7 Å². The smallest absolute Gasteiger partial charge is 0.0637 e. The molecule has 4 nitrogen and oxygen atoms in total. The standard InChI is InChI=1S/C16H27ClN2O2/c1-13(2)11-18-12-14-4-5-15(10-16(14)17)19(6-8-20)7-9-21-3/h4-5,10,13,18,20H,6-9,11-12H2,1-3H3. The molecular formula is C16H27ClN2O2. The van der Waals surface area contributed by atoms with Gasteiger partial charge in [0, 0.05) is 37.5 Å². The van der Waals surface area contributed by atoms with Crippen LogP contribution in [0.2, 0.25) is 5.02 Å². The van der Waals surface area contributed by atoms with E-state index in [1.54, 1.807) is 7.11 Å². The zero-order valence-electron chi connectivity index (χ0n) is 13.2. The Labute approximate surface area is 133 Å². The van der Waals surface area contributed by atoms with Crippen molar-refractivity contribution < 1.29 is 9.84 Å². The molecule has 0 atom stereocenters. The molecule has 0 heterocycles. The molecule has 1 aromatic carbocycles. The molecular weight excluding hydrogens is 288 g/mol. The fourth-order valence-corrected chi connectivity index (χ4v) is 2.31. The first-order valence-electron chi connectivity index (χ1n) is 7.42. The van der Waals surface area contributed by atoms with E-state index in [0.717, 1.165) is 35.9 Å².